The number of nitrogens with two attached hydrogens (primary N) is 1. The normalized spacial score (nSPS) is 14.7. The van der Waals surface area contributed by atoms with E-state index < -0.39 is 32.0 Å². The van der Waals surface area contributed by atoms with Crippen LogP contribution in [0.4, 0.5) is 0 Å². The third-order valence-electron chi connectivity index (χ3n) is 10.3. The second-order valence-corrected chi connectivity index (χ2v) is 16.9. The van der Waals surface area contributed by atoms with Gasteiger partial charge in [0.2, 0.25) is 5.91 Å². The summed E-state index contributed by atoms with van der Waals surface area (Å²) in [5.41, 5.74) is 5.37. The Balaban J connectivity index is 4.18. The summed E-state index contributed by atoms with van der Waals surface area (Å²) >= 11 is 0. The molecule has 312 valence electrons. The lowest BCUT2D eigenvalue weighted by Crippen LogP contribution is -2.47. The molecule has 4 atom stereocenters. The Morgan fingerprint density at radius 3 is 1.29 bits per heavy atom. The Labute approximate surface area is 321 Å². The number of rotatable bonds is 42. The number of phosphoric acid groups is 1. The van der Waals surface area contributed by atoms with E-state index in [0.29, 0.717) is 12.8 Å². The highest BCUT2D eigenvalue weighted by atomic mass is 31.2. The maximum Gasteiger partial charge on any atom is 0.472 e. The summed E-state index contributed by atoms with van der Waals surface area (Å²) in [4.78, 5) is 22.7. The van der Waals surface area contributed by atoms with E-state index in [0.717, 1.165) is 38.5 Å². The van der Waals surface area contributed by atoms with E-state index in [-0.39, 0.29) is 26.2 Å². The molecule has 52 heavy (non-hydrogen) atoms. The highest BCUT2D eigenvalue weighted by Gasteiger charge is 2.28. The third kappa shape index (κ3) is 36.4. The van der Waals surface area contributed by atoms with Crippen LogP contribution < -0.4 is 11.1 Å². The number of carbonyl (C=O) groups is 1. The van der Waals surface area contributed by atoms with Crippen molar-refractivity contribution in [3.63, 3.8) is 0 Å². The van der Waals surface area contributed by atoms with E-state index in [1.807, 2.05) is 0 Å². The van der Waals surface area contributed by atoms with Gasteiger partial charge in [0.15, 0.2) is 0 Å². The van der Waals surface area contributed by atoms with Gasteiger partial charge < -0.3 is 26.2 Å². The first kappa shape index (κ1) is 51.5. The van der Waals surface area contributed by atoms with Crippen molar-refractivity contribution in [2.24, 2.45) is 5.73 Å². The minimum atomic E-state index is -4.37. The van der Waals surface area contributed by atoms with Gasteiger partial charge >= 0.3 is 7.82 Å². The van der Waals surface area contributed by atoms with E-state index in [4.69, 9.17) is 14.8 Å². The minimum Gasteiger partial charge on any atom is -0.393 e. The molecule has 0 saturated heterocycles. The summed E-state index contributed by atoms with van der Waals surface area (Å²) in [6.45, 7) is 4.05. The summed E-state index contributed by atoms with van der Waals surface area (Å²) in [6.07, 6.45) is 37.2. The molecule has 0 saturated carbocycles. The van der Waals surface area contributed by atoms with Crippen LogP contribution in [0.3, 0.4) is 0 Å². The quantitative estimate of drug-likeness (QED) is 0.0304. The smallest absolute Gasteiger partial charge is 0.393 e. The van der Waals surface area contributed by atoms with Crippen molar-refractivity contribution in [3.8, 4) is 0 Å². The fraction of sp³-hybridized carbons (Fsp3) is 0.976. The van der Waals surface area contributed by atoms with E-state index in [9.17, 15) is 24.5 Å². The Morgan fingerprint density at radius 1 is 0.577 bits per heavy atom. The van der Waals surface area contributed by atoms with Gasteiger partial charge in [0, 0.05) is 6.54 Å². The number of aliphatic hydroxyl groups is 2. The van der Waals surface area contributed by atoms with Gasteiger partial charge in [0.25, 0.3) is 0 Å². The molecule has 0 spiro atoms. The lowest BCUT2D eigenvalue weighted by Gasteiger charge is -2.25. The molecule has 4 unspecified atom stereocenters. The lowest BCUT2D eigenvalue weighted by atomic mass is 10.0. The molecule has 0 heterocycles. The number of carbonyl (C=O) groups excluding carboxylic acids is 1. The van der Waals surface area contributed by atoms with Crippen molar-refractivity contribution in [2.45, 2.75) is 244 Å². The SMILES string of the molecule is CCCCCCCCCCCCCCCCCCCCCCC(O)C(COP(=O)(O)OCCN)NC(=O)CC(O)CCCCCCCCCCCC. The molecule has 1 amide bonds. The molecule has 9 nitrogen and oxygen atoms in total. The highest BCUT2D eigenvalue weighted by Crippen LogP contribution is 2.43. The van der Waals surface area contributed by atoms with Gasteiger partial charge in [0.1, 0.15) is 0 Å². The number of unbranched alkanes of at least 4 members (excludes halogenated alkanes) is 28. The maximum atomic E-state index is 12.8. The molecular weight excluding hydrogens is 675 g/mol. The highest BCUT2D eigenvalue weighted by molar-refractivity contribution is 7.47. The fourth-order valence-electron chi connectivity index (χ4n) is 6.89. The summed E-state index contributed by atoms with van der Waals surface area (Å²) in [6, 6.07) is -0.890. The van der Waals surface area contributed by atoms with Crippen molar-refractivity contribution in [1.29, 1.82) is 0 Å². The van der Waals surface area contributed by atoms with Crippen LogP contribution in [0.15, 0.2) is 0 Å². The molecule has 0 aliphatic carbocycles. The first-order valence-electron chi connectivity index (χ1n) is 22.2. The molecule has 0 aromatic rings. The lowest BCUT2D eigenvalue weighted by molar-refractivity contribution is -0.125. The summed E-state index contributed by atoms with van der Waals surface area (Å²) in [7, 11) is -4.37. The molecule has 10 heteroatoms. The Bertz CT molecular complexity index is 806. The number of aliphatic hydroxyl groups excluding tert-OH is 2. The maximum absolute atomic E-state index is 12.8. The molecule has 6 N–H and O–H groups in total. The number of phosphoric ester groups is 1. The van der Waals surface area contributed by atoms with E-state index in [1.54, 1.807) is 0 Å². The molecule has 0 bridgehead atoms. The van der Waals surface area contributed by atoms with Crippen molar-refractivity contribution in [3.05, 3.63) is 0 Å². The van der Waals surface area contributed by atoms with E-state index in [1.165, 1.54) is 154 Å². The second-order valence-electron chi connectivity index (χ2n) is 15.5. The Morgan fingerprint density at radius 2 is 0.923 bits per heavy atom. The van der Waals surface area contributed by atoms with Crippen molar-refractivity contribution in [1.82, 2.24) is 5.32 Å². The Hall–Kier alpha value is -0.540. The van der Waals surface area contributed by atoms with Crippen LogP contribution in [0, 0.1) is 0 Å². The average Bonchev–Trinajstić information content (AvgIpc) is 3.12. The van der Waals surface area contributed by atoms with Crippen LogP contribution >= 0.6 is 7.82 Å². The van der Waals surface area contributed by atoms with Crippen LogP contribution in [0.25, 0.3) is 0 Å². The van der Waals surface area contributed by atoms with Crippen LogP contribution in [0.5, 0.6) is 0 Å². The first-order valence-corrected chi connectivity index (χ1v) is 23.7. The molecular formula is C42H87N2O7P. The largest absolute Gasteiger partial charge is 0.472 e. The monoisotopic (exact) mass is 763 g/mol. The van der Waals surface area contributed by atoms with Gasteiger partial charge in [-0.05, 0) is 12.8 Å². The summed E-state index contributed by atoms with van der Waals surface area (Å²) in [5, 5.41) is 24.1. The molecule has 0 aliphatic heterocycles. The van der Waals surface area contributed by atoms with Crippen LogP contribution in [0.1, 0.15) is 226 Å². The van der Waals surface area contributed by atoms with Crippen molar-refractivity contribution >= 4 is 13.7 Å². The van der Waals surface area contributed by atoms with Crippen LogP contribution in [0.2, 0.25) is 0 Å². The van der Waals surface area contributed by atoms with Crippen molar-refractivity contribution < 1.29 is 33.5 Å². The molecule has 0 aliphatic rings. The molecule has 0 fully saturated rings. The topological polar surface area (TPSA) is 151 Å². The fourth-order valence-corrected chi connectivity index (χ4v) is 7.65. The summed E-state index contributed by atoms with van der Waals surface area (Å²) < 4.78 is 22.1. The molecule has 0 radical (unpaired) electrons. The van der Waals surface area contributed by atoms with Gasteiger partial charge in [-0.2, -0.15) is 0 Å². The number of hydrogen-bond donors (Lipinski definition) is 5. The number of hydrogen-bond acceptors (Lipinski definition) is 7. The van der Waals surface area contributed by atoms with Gasteiger partial charge in [-0.3, -0.25) is 13.8 Å². The predicted molar refractivity (Wildman–Crippen MR) is 218 cm³/mol. The first-order chi connectivity index (χ1) is 25.3. The zero-order valence-corrected chi connectivity index (χ0v) is 35.1. The van der Waals surface area contributed by atoms with E-state index >= 15 is 0 Å². The zero-order chi connectivity index (χ0) is 38.4. The predicted octanol–water partition coefficient (Wildman–Crippen LogP) is 11.2. The van der Waals surface area contributed by atoms with Gasteiger partial charge in [-0.1, -0.05) is 206 Å². The van der Waals surface area contributed by atoms with E-state index in [2.05, 4.69) is 19.2 Å². The molecule has 0 rings (SSSR count). The third-order valence-corrected chi connectivity index (χ3v) is 11.2. The number of amides is 1. The van der Waals surface area contributed by atoms with Gasteiger partial charge in [0.05, 0.1) is 37.9 Å². The molecule has 0 aromatic heterocycles. The Kier molecular flexibility index (Phi) is 38.3. The van der Waals surface area contributed by atoms with Crippen LogP contribution in [-0.2, 0) is 18.4 Å². The molecule has 0 aromatic carbocycles. The zero-order valence-electron chi connectivity index (χ0n) is 34.2. The summed E-state index contributed by atoms with van der Waals surface area (Å²) in [5.74, 6) is -0.411. The standard InChI is InChI=1S/C42H87N2O7P/c1-3-5-7-9-11-13-15-16-17-18-19-20-21-22-23-24-26-28-30-32-34-41(46)40(38-51-52(48,49)50-36-35-43)44-42(47)37-39(45)33-31-29-27-25-14-12-10-8-6-4-2/h39-41,45-46H,3-38,43H2,1-2H3,(H,44,47)(H,48,49). The van der Waals surface area contributed by atoms with Gasteiger partial charge in [-0.25, -0.2) is 4.57 Å². The average molecular weight is 763 g/mol. The van der Waals surface area contributed by atoms with Gasteiger partial charge in [-0.15, -0.1) is 0 Å². The van der Waals surface area contributed by atoms with Crippen LogP contribution in [-0.4, -0.2) is 59.0 Å². The van der Waals surface area contributed by atoms with Crippen molar-refractivity contribution in [2.75, 3.05) is 19.8 Å². The second kappa shape index (κ2) is 38.7. The number of nitrogens with one attached hydrogen (secondary N) is 1. The minimum absolute atomic E-state index is 0.0626.